The van der Waals surface area contributed by atoms with Gasteiger partial charge in [0, 0.05) is 12.6 Å². The van der Waals surface area contributed by atoms with Crippen LogP contribution in [-0.2, 0) is 6.54 Å². The number of nitrogens with zero attached hydrogens (tertiary/aromatic N) is 1. The monoisotopic (exact) mass is 246 g/mol. The van der Waals surface area contributed by atoms with Crippen LogP contribution in [0.4, 0.5) is 0 Å². The standard InChI is InChI=1S/C16H26N2/c1-13-7-9-14(10-8-13)12-18(2)16-6-4-3-5-15(16)11-17/h7-10,15-16H,3-6,11-12,17H2,1-2H3. The van der Waals surface area contributed by atoms with Crippen molar-refractivity contribution in [2.24, 2.45) is 11.7 Å². The molecule has 100 valence electrons. The summed E-state index contributed by atoms with van der Waals surface area (Å²) < 4.78 is 0. The Morgan fingerprint density at radius 2 is 1.83 bits per heavy atom. The summed E-state index contributed by atoms with van der Waals surface area (Å²) in [5.74, 6) is 0.689. The minimum absolute atomic E-state index is 0.671. The van der Waals surface area contributed by atoms with Crippen molar-refractivity contribution >= 4 is 0 Å². The number of hydrogen-bond donors (Lipinski definition) is 1. The fourth-order valence-corrected chi connectivity index (χ4v) is 3.14. The van der Waals surface area contributed by atoms with Crippen molar-refractivity contribution in [1.29, 1.82) is 0 Å². The SMILES string of the molecule is Cc1ccc(CN(C)C2CCCCC2CN)cc1. The van der Waals surface area contributed by atoms with Crippen LogP contribution in [0.25, 0.3) is 0 Å². The molecule has 1 fully saturated rings. The zero-order valence-corrected chi connectivity index (χ0v) is 11.7. The molecule has 1 aromatic carbocycles. The fraction of sp³-hybridized carbons (Fsp3) is 0.625. The summed E-state index contributed by atoms with van der Waals surface area (Å²) in [6, 6.07) is 9.55. The van der Waals surface area contributed by atoms with Crippen molar-refractivity contribution in [1.82, 2.24) is 4.90 Å². The Hall–Kier alpha value is -0.860. The molecule has 0 bridgehead atoms. The summed E-state index contributed by atoms with van der Waals surface area (Å²) in [4.78, 5) is 2.50. The van der Waals surface area contributed by atoms with Crippen LogP contribution in [0.2, 0.25) is 0 Å². The molecule has 2 nitrogen and oxygen atoms in total. The summed E-state index contributed by atoms with van der Waals surface area (Å²) in [7, 11) is 2.25. The second-order valence-corrected chi connectivity index (χ2v) is 5.75. The number of rotatable bonds is 4. The smallest absolute Gasteiger partial charge is 0.0233 e. The highest BCUT2D eigenvalue weighted by Gasteiger charge is 2.26. The maximum Gasteiger partial charge on any atom is 0.0233 e. The second-order valence-electron chi connectivity index (χ2n) is 5.75. The average Bonchev–Trinajstić information content (AvgIpc) is 2.41. The van der Waals surface area contributed by atoms with Gasteiger partial charge >= 0.3 is 0 Å². The van der Waals surface area contributed by atoms with Crippen molar-refractivity contribution in [3.63, 3.8) is 0 Å². The van der Waals surface area contributed by atoms with Gasteiger partial charge in [0.25, 0.3) is 0 Å². The van der Waals surface area contributed by atoms with Gasteiger partial charge in [0.05, 0.1) is 0 Å². The van der Waals surface area contributed by atoms with Crippen LogP contribution in [0, 0.1) is 12.8 Å². The van der Waals surface area contributed by atoms with Crippen LogP contribution >= 0.6 is 0 Å². The first kappa shape index (κ1) is 13.6. The molecule has 2 N–H and O–H groups in total. The molecule has 1 saturated carbocycles. The number of benzene rings is 1. The lowest BCUT2D eigenvalue weighted by molar-refractivity contribution is 0.127. The summed E-state index contributed by atoms with van der Waals surface area (Å²) in [5.41, 5.74) is 8.66. The average molecular weight is 246 g/mol. The van der Waals surface area contributed by atoms with Gasteiger partial charge in [0.15, 0.2) is 0 Å². The Labute approximate surface area is 111 Å². The lowest BCUT2D eigenvalue weighted by atomic mass is 9.83. The molecule has 0 spiro atoms. The van der Waals surface area contributed by atoms with E-state index in [1.54, 1.807) is 0 Å². The Morgan fingerprint density at radius 1 is 1.17 bits per heavy atom. The van der Waals surface area contributed by atoms with E-state index in [4.69, 9.17) is 5.73 Å². The van der Waals surface area contributed by atoms with Crippen LogP contribution in [0.3, 0.4) is 0 Å². The van der Waals surface area contributed by atoms with E-state index in [2.05, 4.69) is 43.1 Å². The van der Waals surface area contributed by atoms with Crippen molar-refractivity contribution in [3.8, 4) is 0 Å². The number of aryl methyl sites for hydroxylation is 1. The molecule has 0 aromatic heterocycles. The second kappa shape index (κ2) is 6.35. The van der Waals surface area contributed by atoms with Crippen molar-refractivity contribution in [2.45, 2.75) is 45.2 Å². The van der Waals surface area contributed by atoms with Gasteiger partial charge in [-0.15, -0.1) is 0 Å². The summed E-state index contributed by atoms with van der Waals surface area (Å²) in [5, 5.41) is 0. The van der Waals surface area contributed by atoms with Gasteiger partial charge in [-0.05, 0) is 44.8 Å². The van der Waals surface area contributed by atoms with E-state index in [-0.39, 0.29) is 0 Å². The first-order chi connectivity index (χ1) is 8.70. The highest BCUT2D eigenvalue weighted by Crippen LogP contribution is 2.28. The van der Waals surface area contributed by atoms with Crippen LogP contribution in [-0.4, -0.2) is 24.5 Å². The third-order valence-electron chi connectivity index (χ3n) is 4.29. The predicted molar refractivity (Wildman–Crippen MR) is 77.4 cm³/mol. The minimum Gasteiger partial charge on any atom is -0.330 e. The molecule has 2 unspecified atom stereocenters. The van der Waals surface area contributed by atoms with E-state index < -0.39 is 0 Å². The zero-order valence-electron chi connectivity index (χ0n) is 11.7. The van der Waals surface area contributed by atoms with Crippen molar-refractivity contribution < 1.29 is 0 Å². The lowest BCUT2D eigenvalue weighted by Crippen LogP contribution is -2.42. The van der Waals surface area contributed by atoms with Crippen LogP contribution in [0.15, 0.2) is 24.3 Å². The van der Waals surface area contributed by atoms with E-state index in [1.807, 2.05) is 0 Å². The van der Waals surface area contributed by atoms with Crippen LogP contribution in [0.5, 0.6) is 0 Å². The molecule has 18 heavy (non-hydrogen) atoms. The molecule has 0 amide bonds. The Kier molecular flexibility index (Phi) is 4.79. The Balaban J connectivity index is 1.97. The van der Waals surface area contributed by atoms with Crippen LogP contribution in [0.1, 0.15) is 36.8 Å². The molecule has 0 saturated heterocycles. The van der Waals surface area contributed by atoms with Gasteiger partial charge in [-0.1, -0.05) is 42.7 Å². The first-order valence-corrected chi connectivity index (χ1v) is 7.16. The molecule has 2 rings (SSSR count). The van der Waals surface area contributed by atoms with Gasteiger partial charge in [0.2, 0.25) is 0 Å². The topological polar surface area (TPSA) is 29.3 Å². The van der Waals surface area contributed by atoms with Gasteiger partial charge in [-0.25, -0.2) is 0 Å². The third kappa shape index (κ3) is 3.33. The fourth-order valence-electron chi connectivity index (χ4n) is 3.14. The molecular formula is C16H26N2. The Bertz CT molecular complexity index is 358. The maximum atomic E-state index is 5.92. The number of hydrogen-bond acceptors (Lipinski definition) is 2. The highest BCUT2D eigenvalue weighted by atomic mass is 15.1. The summed E-state index contributed by atoms with van der Waals surface area (Å²) in [6.45, 7) is 4.02. The quantitative estimate of drug-likeness (QED) is 0.885. The Morgan fingerprint density at radius 3 is 2.50 bits per heavy atom. The normalized spacial score (nSPS) is 24.4. The van der Waals surface area contributed by atoms with E-state index in [0.29, 0.717) is 12.0 Å². The van der Waals surface area contributed by atoms with Crippen molar-refractivity contribution in [3.05, 3.63) is 35.4 Å². The lowest BCUT2D eigenvalue weighted by Gasteiger charge is -2.37. The molecular weight excluding hydrogens is 220 g/mol. The van der Waals surface area contributed by atoms with Gasteiger partial charge in [-0.3, -0.25) is 4.90 Å². The molecule has 2 heteroatoms. The van der Waals surface area contributed by atoms with Crippen LogP contribution < -0.4 is 5.73 Å². The number of nitrogens with two attached hydrogens (primary N) is 1. The van der Waals surface area contributed by atoms with E-state index >= 15 is 0 Å². The van der Waals surface area contributed by atoms with Gasteiger partial charge in [0.1, 0.15) is 0 Å². The molecule has 1 aliphatic carbocycles. The van der Waals surface area contributed by atoms with Gasteiger partial charge in [-0.2, -0.15) is 0 Å². The zero-order chi connectivity index (χ0) is 13.0. The molecule has 0 radical (unpaired) electrons. The summed E-state index contributed by atoms with van der Waals surface area (Å²) in [6.07, 6.45) is 5.33. The molecule has 1 aliphatic rings. The largest absolute Gasteiger partial charge is 0.330 e. The summed E-state index contributed by atoms with van der Waals surface area (Å²) >= 11 is 0. The first-order valence-electron chi connectivity index (χ1n) is 7.16. The molecule has 0 heterocycles. The third-order valence-corrected chi connectivity index (χ3v) is 4.29. The van der Waals surface area contributed by atoms with E-state index in [1.165, 1.54) is 36.8 Å². The molecule has 1 aromatic rings. The predicted octanol–water partition coefficient (Wildman–Crippen LogP) is 2.94. The minimum atomic E-state index is 0.671. The molecule has 2 atom stereocenters. The van der Waals surface area contributed by atoms with Gasteiger partial charge < -0.3 is 5.73 Å². The maximum absolute atomic E-state index is 5.92. The van der Waals surface area contributed by atoms with E-state index in [9.17, 15) is 0 Å². The van der Waals surface area contributed by atoms with Crippen molar-refractivity contribution in [2.75, 3.05) is 13.6 Å². The highest BCUT2D eigenvalue weighted by molar-refractivity contribution is 5.21. The molecule has 0 aliphatic heterocycles. The van der Waals surface area contributed by atoms with E-state index in [0.717, 1.165) is 13.1 Å².